The Morgan fingerprint density at radius 2 is 2.25 bits per heavy atom. The Kier molecular flexibility index (Phi) is 2.65. The van der Waals surface area contributed by atoms with E-state index in [1.807, 2.05) is 0 Å². The molecule has 67 valence electrons. The van der Waals surface area contributed by atoms with Gasteiger partial charge in [-0.15, -0.1) is 0 Å². The number of esters is 1. The molecule has 5 heteroatoms. The van der Waals surface area contributed by atoms with Crippen LogP contribution in [0.5, 0.6) is 0 Å². The molecule has 1 radical (unpaired) electrons. The fraction of sp³-hybridized carbons (Fsp3) is 0.714. The highest BCUT2D eigenvalue weighted by molar-refractivity contribution is 5.80. The largest absolute Gasteiger partial charge is 0.427 e. The van der Waals surface area contributed by atoms with Crippen LogP contribution in [-0.2, 0) is 19.1 Å². The molecule has 0 aliphatic heterocycles. The molecule has 0 heterocycles. The summed E-state index contributed by atoms with van der Waals surface area (Å²) in [5.74, 6) is -0.389. The molecule has 1 aliphatic carbocycles. The number of carbonyl (C=O) groups is 1. The number of rotatable bonds is 5. The van der Waals surface area contributed by atoms with Crippen LogP contribution in [-0.4, -0.2) is 25.8 Å². The van der Waals surface area contributed by atoms with Gasteiger partial charge in [-0.25, -0.2) is 4.79 Å². The number of nitrogens with two attached hydrogens (primary N) is 1. The topological polar surface area (TPSA) is 78.6 Å². The summed E-state index contributed by atoms with van der Waals surface area (Å²) in [7, 11) is 0. The van der Waals surface area contributed by atoms with Gasteiger partial charge in [-0.1, -0.05) is 0 Å². The Bertz CT molecular complexity index is 188. The van der Waals surface area contributed by atoms with Gasteiger partial charge in [0.1, 0.15) is 0 Å². The van der Waals surface area contributed by atoms with Gasteiger partial charge in [-0.3, -0.25) is 4.79 Å². The minimum absolute atomic E-state index is 0.288. The quantitative estimate of drug-likeness (QED) is 0.337. The van der Waals surface area contributed by atoms with Crippen molar-refractivity contribution in [2.45, 2.75) is 12.8 Å². The van der Waals surface area contributed by atoms with Crippen molar-refractivity contribution in [1.82, 2.24) is 0 Å². The predicted molar refractivity (Wildman–Crippen MR) is 38.5 cm³/mol. The summed E-state index contributed by atoms with van der Waals surface area (Å²) >= 11 is 0. The zero-order valence-corrected chi connectivity index (χ0v) is 6.54. The molecular formula is C7H10NO4. The van der Waals surface area contributed by atoms with Gasteiger partial charge in [0.05, 0.1) is 5.41 Å². The summed E-state index contributed by atoms with van der Waals surface area (Å²) in [6, 6.07) is 0. The van der Waals surface area contributed by atoms with E-state index in [4.69, 9.17) is 5.73 Å². The summed E-state index contributed by atoms with van der Waals surface area (Å²) < 4.78 is 8.68. The fourth-order valence-electron chi connectivity index (χ4n) is 0.903. The predicted octanol–water partition coefficient (Wildman–Crippen LogP) is -0.690. The van der Waals surface area contributed by atoms with E-state index in [0.717, 1.165) is 19.3 Å². The van der Waals surface area contributed by atoms with Crippen LogP contribution >= 0.6 is 0 Å². The maximum absolute atomic E-state index is 11.1. The van der Waals surface area contributed by atoms with Gasteiger partial charge in [0.25, 0.3) is 0 Å². The molecule has 0 amide bonds. The van der Waals surface area contributed by atoms with Gasteiger partial charge < -0.3 is 15.2 Å². The molecule has 1 fully saturated rings. The molecular weight excluding hydrogens is 162 g/mol. The molecule has 12 heavy (non-hydrogen) atoms. The first-order chi connectivity index (χ1) is 5.75. The Labute approximate surface area is 69.8 Å². The molecule has 0 unspecified atom stereocenters. The molecule has 0 saturated heterocycles. The zero-order valence-electron chi connectivity index (χ0n) is 6.54. The average Bonchev–Trinajstić information content (AvgIpc) is 2.85. The Balaban J connectivity index is 2.24. The third kappa shape index (κ3) is 1.73. The van der Waals surface area contributed by atoms with Crippen LogP contribution in [0.1, 0.15) is 12.8 Å². The van der Waals surface area contributed by atoms with Gasteiger partial charge in [0, 0.05) is 6.54 Å². The van der Waals surface area contributed by atoms with Crippen molar-refractivity contribution < 1.29 is 19.1 Å². The maximum atomic E-state index is 11.1. The van der Waals surface area contributed by atoms with Gasteiger partial charge >= 0.3 is 12.4 Å². The first-order valence-corrected chi connectivity index (χ1v) is 3.61. The summed E-state index contributed by atoms with van der Waals surface area (Å²) in [6.07, 6.45) is 1.51. The summed E-state index contributed by atoms with van der Waals surface area (Å²) in [5, 5.41) is 0. The van der Waals surface area contributed by atoms with Crippen molar-refractivity contribution >= 4 is 12.4 Å². The third-order valence-electron chi connectivity index (χ3n) is 1.99. The van der Waals surface area contributed by atoms with Crippen LogP contribution in [0.2, 0.25) is 0 Å². The molecule has 0 aromatic carbocycles. The lowest BCUT2D eigenvalue weighted by atomic mass is 10.1. The van der Waals surface area contributed by atoms with Crippen molar-refractivity contribution in [3.63, 3.8) is 0 Å². The minimum atomic E-state index is -0.494. The minimum Gasteiger partial charge on any atom is -0.427 e. The van der Waals surface area contributed by atoms with E-state index in [1.165, 1.54) is 0 Å². The highest BCUT2D eigenvalue weighted by Gasteiger charge is 2.50. The fourth-order valence-corrected chi connectivity index (χ4v) is 0.903. The molecule has 0 atom stereocenters. The van der Waals surface area contributed by atoms with E-state index >= 15 is 0 Å². The highest BCUT2D eigenvalue weighted by Crippen LogP contribution is 2.45. The lowest BCUT2D eigenvalue weighted by molar-refractivity contribution is -0.157. The number of hydrogen-bond acceptors (Lipinski definition) is 5. The van der Waals surface area contributed by atoms with Crippen LogP contribution in [0.15, 0.2) is 0 Å². The Hall–Kier alpha value is -1.10. The van der Waals surface area contributed by atoms with Crippen molar-refractivity contribution in [2.24, 2.45) is 11.1 Å². The third-order valence-corrected chi connectivity index (χ3v) is 1.99. The van der Waals surface area contributed by atoms with Crippen LogP contribution in [0.3, 0.4) is 0 Å². The number of ether oxygens (including phenoxy) is 2. The van der Waals surface area contributed by atoms with Gasteiger partial charge in [0.2, 0.25) is 6.79 Å². The van der Waals surface area contributed by atoms with E-state index in [1.54, 1.807) is 0 Å². The normalized spacial score (nSPS) is 18.1. The van der Waals surface area contributed by atoms with Crippen LogP contribution in [0, 0.1) is 5.41 Å². The molecule has 2 N–H and O–H groups in total. The molecule has 0 bridgehead atoms. The molecule has 0 aromatic heterocycles. The van der Waals surface area contributed by atoms with Crippen molar-refractivity contribution in [3.8, 4) is 0 Å². The number of carbonyl (C=O) groups excluding carboxylic acids is 2. The van der Waals surface area contributed by atoms with E-state index in [-0.39, 0.29) is 19.3 Å². The molecule has 5 nitrogen and oxygen atoms in total. The van der Waals surface area contributed by atoms with Gasteiger partial charge in [-0.05, 0) is 12.8 Å². The lowest BCUT2D eigenvalue weighted by Gasteiger charge is -2.09. The second kappa shape index (κ2) is 3.53. The summed E-state index contributed by atoms with van der Waals surface area (Å²) in [6.45, 7) is 1.07. The smallest absolute Gasteiger partial charge is 0.420 e. The van der Waals surface area contributed by atoms with Gasteiger partial charge in [-0.2, -0.15) is 0 Å². The molecule has 1 aliphatic rings. The van der Waals surface area contributed by atoms with Crippen LogP contribution < -0.4 is 5.73 Å². The van der Waals surface area contributed by atoms with E-state index in [2.05, 4.69) is 9.47 Å². The van der Waals surface area contributed by atoms with Crippen molar-refractivity contribution in [2.75, 3.05) is 13.3 Å². The SMILES string of the molecule is NCC1(C(=O)OCO[C]=O)CC1. The first kappa shape index (κ1) is 8.99. The van der Waals surface area contributed by atoms with Crippen molar-refractivity contribution in [3.05, 3.63) is 0 Å². The number of hydrogen-bond donors (Lipinski definition) is 1. The summed E-state index contributed by atoms with van der Waals surface area (Å²) in [4.78, 5) is 20.7. The maximum Gasteiger partial charge on any atom is 0.420 e. The monoisotopic (exact) mass is 172 g/mol. The molecule has 0 aromatic rings. The van der Waals surface area contributed by atoms with Crippen LogP contribution in [0.4, 0.5) is 0 Å². The standard InChI is InChI=1S/C7H10NO4/c8-3-7(1-2-7)6(10)12-5-11-4-9/h1-3,5,8H2. The second-order valence-electron chi connectivity index (χ2n) is 2.76. The second-order valence-corrected chi connectivity index (χ2v) is 2.76. The zero-order chi connectivity index (χ0) is 9.03. The highest BCUT2D eigenvalue weighted by atomic mass is 16.7. The lowest BCUT2D eigenvalue weighted by Crippen LogP contribution is -2.27. The Morgan fingerprint density at radius 1 is 1.58 bits per heavy atom. The molecule has 1 saturated carbocycles. The average molecular weight is 172 g/mol. The van der Waals surface area contributed by atoms with E-state index < -0.39 is 5.41 Å². The Morgan fingerprint density at radius 3 is 2.67 bits per heavy atom. The van der Waals surface area contributed by atoms with Crippen molar-refractivity contribution in [1.29, 1.82) is 0 Å². The van der Waals surface area contributed by atoms with Crippen LogP contribution in [0.25, 0.3) is 0 Å². The van der Waals surface area contributed by atoms with E-state index in [0.29, 0.717) is 0 Å². The molecule has 0 spiro atoms. The van der Waals surface area contributed by atoms with E-state index in [9.17, 15) is 9.59 Å². The first-order valence-electron chi connectivity index (χ1n) is 3.61. The molecule has 1 rings (SSSR count). The van der Waals surface area contributed by atoms with Gasteiger partial charge in [0.15, 0.2) is 0 Å². The summed E-state index contributed by atoms with van der Waals surface area (Å²) in [5.41, 5.74) is 4.86.